The number of hydrogen-bond donors (Lipinski definition) is 1. The van der Waals surface area contributed by atoms with E-state index in [0.29, 0.717) is 57.3 Å². The molecule has 0 bridgehead atoms. The van der Waals surface area contributed by atoms with E-state index in [9.17, 15) is 28.1 Å². The van der Waals surface area contributed by atoms with E-state index in [1.807, 2.05) is 4.90 Å². The van der Waals surface area contributed by atoms with Gasteiger partial charge in [0.05, 0.1) is 17.1 Å². The van der Waals surface area contributed by atoms with E-state index in [-0.39, 0.29) is 17.2 Å². The number of hydrogen-bond acceptors (Lipinski definition) is 7. The first-order chi connectivity index (χ1) is 15.7. The number of alkyl halides is 3. The highest BCUT2D eigenvalue weighted by atomic mass is 19.4. The van der Waals surface area contributed by atoms with Crippen LogP contribution in [-0.2, 0) is 10.9 Å². The molecule has 0 saturated carbocycles. The van der Waals surface area contributed by atoms with Crippen molar-refractivity contribution in [3.8, 4) is 0 Å². The fourth-order valence-corrected chi connectivity index (χ4v) is 3.53. The maximum absolute atomic E-state index is 13.0. The molecule has 1 amide bonds. The summed E-state index contributed by atoms with van der Waals surface area (Å²) in [4.78, 5) is 31.2. The summed E-state index contributed by atoms with van der Waals surface area (Å²) in [7, 11) is 1.52. The molecule has 0 atom stereocenters. The van der Waals surface area contributed by atoms with Gasteiger partial charge in [0, 0.05) is 57.7 Å². The van der Waals surface area contributed by atoms with Crippen molar-refractivity contribution in [3.05, 3.63) is 57.8 Å². The van der Waals surface area contributed by atoms with Gasteiger partial charge in [-0.2, -0.15) is 13.2 Å². The fourth-order valence-electron chi connectivity index (χ4n) is 3.53. The van der Waals surface area contributed by atoms with Crippen molar-refractivity contribution in [1.82, 2.24) is 9.88 Å². The number of nitrogens with one attached hydrogen (secondary N) is 1. The Labute approximate surface area is 188 Å². The van der Waals surface area contributed by atoms with E-state index in [1.54, 1.807) is 4.90 Å². The number of carbonyl (C=O) groups is 1. The van der Waals surface area contributed by atoms with Crippen LogP contribution in [0.3, 0.4) is 0 Å². The quantitative estimate of drug-likeness (QED) is 0.378. The summed E-state index contributed by atoms with van der Waals surface area (Å²) >= 11 is 0. The third-order valence-corrected chi connectivity index (χ3v) is 5.25. The molecule has 1 saturated heterocycles. The zero-order valence-electron chi connectivity index (χ0n) is 18.0. The Bertz CT molecular complexity index is 985. The SMILES string of the molecule is COCCNc1ccc(C(=O)N2CCCN(c3ccc(C(F)(F)F)cn3)CC2)cc1[N+](=O)[O-]. The van der Waals surface area contributed by atoms with Crippen molar-refractivity contribution < 1.29 is 27.6 Å². The molecule has 1 fully saturated rings. The number of benzene rings is 1. The Kier molecular flexibility index (Phi) is 7.69. The van der Waals surface area contributed by atoms with Gasteiger partial charge in [-0.25, -0.2) is 4.98 Å². The number of carbonyl (C=O) groups excluding carboxylic acids is 1. The number of nitro groups is 1. The largest absolute Gasteiger partial charge is 0.417 e. The predicted molar refractivity (Wildman–Crippen MR) is 115 cm³/mol. The average Bonchev–Trinajstić information content (AvgIpc) is 3.05. The molecule has 3 rings (SSSR count). The van der Waals surface area contributed by atoms with Gasteiger partial charge in [0.2, 0.25) is 0 Å². The van der Waals surface area contributed by atoms with Crippen LogP contribution in [0.5, 0.6) is 0 Å². The van der Waals surface area contributed by atoms with Crippen molar-refractivity contribution >= 4 is 23.1 Å². The highest BCUT2D eigenvalue weighted by molar-refractivity contribution is 5.95. The minimum absolute atomic E-state index is 0.195. The summed E-state index contributed by atoms with van der Waals surface area (Å²) in [6, 6.07) is 6.58. The summed E-state index contributed by atoms with van der Waals surface area (Å²) in [5.41, 5.74) is -0.536. The van der Waals surface area contributed by atoms with Crippen molar-refractivity contribution in [2.24, 2.45) is 0 Å². The molecule has 1 aliphatic heterocycles. The molecular weight excluding hydrogens is 443 g/mol. The van der Waals surface area contributed by atoms with E-state index < -0.39 is 16.7 Å². The van der Waals surface area contributed by atoms with Crippen molar-refractivity contribution in [1.29, 1.82) is 0 Å². The number of nitro benzene ring substituents is 1. The topological polar surface area (TPSA) is 101 Å². The van der Waals surface area contributed by atoms with Gasteiger partial charge < -0.3 is 19.9 Å². The van der Waals surface area contributed by atoms with Crippen LogP contribution in [0, 0.1) is 10.1 Å². The highest BCUT2D eigenvalue weighted by Crippen LogP contribution is 2.30. The lowest BCUT2D eigenvalue weighted by Gasteiger charge is -2.23. The number of aromatic nitrogens is 1. The summed E-state index contributed by atoms with van der Waals surface area (Å²) in [6.07, 6.45) is -3.08. The first kappa shape index (κ1) is 24.2. The molecule has 0 spiro atoms. The Morgan fingerprint density at radius 3 is 2.64 bits per heavy atom. The summed E-state index contributed by atoms with van der Waals surface area (Å²) in [5.74, 6) is 0.0585. The molecule has 0 radical (unpaired) electrons. The summed E-state index contributed by atoms with van der Waals surface area (Å²) < 4.78 is 43.2. The first-order valence-corrected chi connectivity index (χ1v) is 10.3. The molecule has 1 aromatic carbocycles. The predicted octanol–water partition coefficient (Wildman–Crippen LogP) is 3.42. The molecule has 0 aliphatic carbocycles. The number of halogens is 3. The number of methoxy groups -OCH3 is 1. The van der Waals surface area contributed by atoms with Gasteiger partial charge >= 0.3 is 6.18 Å². The average molecular weight is 467 g/mol. The van der Waals surface area contributed by atoms with Gasteiger partial charge in [0.25, 0.3) is 11.6 Å². The molecule has 1 N–H and O–H groups in total. The van der Waals surface area contributed by atoms with E-state index in [4.69, 9.17) is 4.74 Å². The molecule has 9 nitrogen and oxygen atoms in total. The molecule has 12 heteroatoms. The molecule has 2 heterocycles. The zero-order chi connectivity index (χ0) is 24.0. The molecule has 178 valence electrons. The second kappa shape index (κ2) is 10.5. The minimum atomic E-state index is -4.45. The second-order valence-corrected chi connectivity index (χ2v) is 7.44. The van der Waals surface area contributed by atoms with Crippen LogP contribution >= 0.6 is 0 Å². The molecule has 1 aliphatic rings. The molecule has 33 heavy (non-hydrogen) atoms. The number of rotatable bonds is 7. The number of nitrogens with zero attached hydrogens (tertiary/aromatic N) is 4. The molecule has 2 aromatic rings. The van der Waals surface area contributed by atoms with Crippen LogP contribution in [0.25, 0.3) is 0 Å². The maximum atomic E-state index is 13.0. The van der Waals surface area contributed by atoms with Crippen LogP contribution in [0.1, 0.15) is 22.3 Å². The van der Waals surface area contributed by atoms with Crippen LogP contribution < -0.4 is 10.2 Å². The van der Waals surface area contributed by atoms with Crippen LogP contribution in [0.2, 0.25) is 0 Å². The fraction of sp³-hybridized carbons (Fsp3) is 0.429. The lowest BCUT2D eigenvalue weighted by atomic mass is 10.1. The van der Waals surface area contributed by atoms with Gasteiger partial charge in [-0.05, 0) is 30.7 Å². The third-order valence-electron chi connectivity index (χ3n) is 5.25. The maximum Gasteiger partial charge on any atom is 0.417 e. The van der Waals surface area contributed by atoms with Gasteiger partial charge in [0.1, 0.15) is 11.5 Å². The van der Waals surface area contributed by atoms with Crippen molar-refractivity contribution in [2.45, 2.75) is 12.6 Å². The van der Waals surface area contributed by atoms with Crippen LogP contribution in [0.15, 0.2) is 36.5 Å². The number of pyridine rings is 1. The smallest absolute Gasteiger partial charge is 0.383 e. The monoisotopic (exact) mass is 467 g/mol. The Morgan fingerprint density at radius 1 is 1.21 bits per heavy atom. The van der Waals surface area contributed by atoms with Gasteiger partial charge in [-0.15, -0.1) is 0 Å². The van der Waals surface area contributed by atoms with E-state index in [1.165, 1.54) is 31.4 Å². The summed E-state index contributed by atoms with van der Waals surface area (Å²) in [5, 5.41) is 14.4. The van der Waals surface area contributed by atoms with Gasteiger partial charge in [-0.1, -0.05) is 0 Å². The van der Waals surface area contributed by atoms with Crippen molar-refractivity contribution in [3.63, 3.8) is 0 Å². The van der Waals surface area contributed by atoms with E-state index in [2.05, 4.69) is 10.3 Å². The van der Waals surface area contributed by atoms with Gasteiger partial charge in [0.15, 0.2) is 0 Å². The number of amides is 1. The second-order valence-electron chi connectivity index (χ2n) is 7.44. The zero-order valence-corrected chi connectivity index (χ0v) is 18.0. The van der Waals surface area contributed by atoms with E-state index in [0.717, 1.165) is 12.3 Å². The minimum Gasteiger partial charge on any atom is -0.383 e. The lowest BCUT2D eigenvalue weighted by Crippen LogP contribution is -2.35. The standard InChI is InChI=1S/C21H24F3N5O4/c1-33-12-7-25-17-5-3-15(13-18(17)29(31)32)20(30)28-9-2-8-27(10-11-28)19-6-4-16(14-26-19)21(22,23)24/h3-6,13-14,25H,2,7-12H2,1H3. The lowest BCUT2D eigenvalue weighted by molar-refractivity contribution is -0.384. The Balaban J connectivity index is 1.69. The Hall–Kier alpha value is -3.41. The molecule has 0 unspecified atom stereocenters. The summed E-state index contributed by atoms with van der Waals surface area (Å²) in [6.45, 7) is 2.37. The number of anilines is 2. The molecule has 1 aromatic heterocycles. The van der Waals surface area contributed by atoms with Crippen LogP contribution in [0.4, 0.5) is 30.4 Å². The Morgan fingerprint density at radius 2 is 2.00 bits per heavy atom. The third kappa shape index (κ3) is 6.09. The number of ether oxygens (including phenoxy) is 1. The highest BCUT2D eigenvalue weighted by Gasteiger charge is 2.31. The van der Waals surface area contributed by atoms with E-state index >= 15 is 0 Å². The van der Waals surface area contributed by atoms with Crippen molar-refractivity contribution in [2.75, 3.05) is 56.7 Å². The van der Waals surface area contributed by atoms with Gasteiger partial charge in [-0.3, -0.25) is 14.9 Å². The normalized spacial score (nSPS) is 14.7. The molecular formula is C21H24F3N5O4. The van der Waals surface area contributed by atoms with Crippen LogP contribution in [-0.4, -0.2) is 67.2 Å². The first-order valence-electron chi connectivity index (χ1n) is 10.3.